The first-order valence-electron chi connectivity index (χ1n) is 7.36. The number of hydrogen-bond acceptors (Lipinski definition) is 2. The summed E-state index contributed by atoms with van der Waals surface area (Å²) in [5, 5.41) is 0. The molecule has 3 heteroatoms. The third-order valence-electron chi connectivity index (χ3n) is 3.30. The van der Waals surface area contributed by atoms with Crippen LogP contribution in [0.1, 0.15) is 64.0 Å². The Morgan fingerprint density at radius 1 is 1.16 bits per heavy atom. The van der Waals surface area contributed by atoms with Gasteiger partial charge in [-0.2, -0.15) is 0 Å². The molecule has 19 heavy (non-hydrogen) atoms. The van der Waals surface area contributed by atoms with Crippen molar-refractivity contribution in [3.8, 4) is 5.75 Å². The van der Waals surface area contributed by atoms with Gasteiger partial charge in [-0.05, 0) is 47.0 Å². The van der Waals surface area contributed by atoms with Gasteiger partial charge in [-0.3, -0.25) is 0 Å². The molecule has 0 spiro atoms. The molecule has 2 nitrogen and oxygen atoms in total. The molecule has 0 aliphatic rings. The molecule has 2 N–H and O–H groups in total. The Balaban J connectivity index is 2.43. The molecule has 0 aliphatic carbocycles. The normalized spacial score (nSPS) is 12.4. The van der Waals surface area contributed by atoms with E-state index in [2.05, 4.69) is 35.0 Å². The number of nitrogens with two attached hydrogens (primary N) is 1. The SMILES string of the molecule is CCCCCCCC(N)c1ccc(OCC)c(Br)c1. The molecule has 0 fully saturated rings. The Labute approximate surface area is 125 Å². The van der Waals surface area contributed by atoms with E-state index in [1.165, 1.54) is 37.7 Å². The summed E-state index contributed by atoms with van der Waals surface area (Å²) in [7, 11) is 0. The zero-order valence-electron chi connectivity index (χ0n) is 12.1. The molecule has 0 saturated heterocycles. The lowest BCUT2D eigenvalue weighted by molar-refractivity contribution is 0.338. The molecule has 0 heterocycles. The maximum atomic E-state index is 6.24. The fraction of sp³-hybridized carbons (Fsp3) is 0.625. The molecule has 108 valence electrons. The minimum atomic E-state index is 0.133. The zero-order chi connectivity index (χ0) is 14.1. The highest BCUT2D eigenvalue weighted by molar-refractivity contribution is 9.10. The van der Waals surface area contributed by atoms with Gasteiger partial charge in [-0.25, -0.2) is 0 Å². The Kier molecular flexibility index (Phi) is 8.15. The van der Waals surface area contributed by atoms with Crippen molar-refractivity contribution in [3.63, 3.8) is 0 Å². The van der Waals surface area contributed by atoms with Crippen molar-refractivity contribution in [1.29, 1.82) is 0 Å². The highest BCUT2D eigenvalue weighted by Gasteiger charge is 2.08. The van der Waals surface area contributed by atoms with Crippen molar-refractivity contribution in [2.24, 2.45) is 5.73 Å². The number of unbranched alkanes of at least 4 members (excludes halogenated alkanes) is 4. The largest absolute Gasteiger partial charge is 0.493 e. The van der Waals surface area contributed by atoms with Crippen LogP contribution in [0.2, 0.25) is 0 Å². The first-order valence-corrected chi connectivity index (χ1v) is 8.16. The van der Waals surface area contributed by atoms with Crippen LogP contribution in [0.15, 0.2) is 22.7 Å². The minimum absolute atomic E-state index is 0.133. The van der Waals surface area contributed by atoms with E-state index >= 15 is 0 Å². The Morgan fingerprint density at radius 3 is 2.53 bits per heavy atom. The molecule has 0 bridgehead atoms. The molecule has 1 aromatic carbocycles. The van der Waals surface area contributed by atoms with E-state index in [9.17, 15) is 0 Å². The van der Waals surface area contributed by atoms with Crippen molar-refractivity contribution in [3.05, 3.63) is 28.2 Å². The quantitative estimate of drug-likeness (QED) is 0.632. The molecule has 1 aromatic rings. The van der Waals surface area contributed by atoms with Gasteiger partial charge in [0.1, 0.15) is 5.75 Å². The van der Waals surface area contributed by atoms with Crippen LogP contribution in [0.3, 0.4) is 0 Å². The average Bonchev–Trinajstić information content (AvgIpc) is 2.41. The maximum Gasteiger partial charge on any atom is 0.133 e. The van der Waals surface area contributed by atoms with Gasteiger partial charge in [-0.1, -0.05) is 45.1 Å². The Morgan fingerprint density at radius 2 is 1.89 bits per heavy atom. The summed E-state index contributed by atoms with van der Waals surface area (Å²) >= 11 is 3.54. The predicted octanol–water partition coefficient (Wildman–Crippen LogP) is 5.21. The Hall–Kier alpha value is -0.540. The van der Waals surface area contributed by atoms with Gasteiger partial charge in [0, 0.05) is 6.04 Å². The summed E-state index contributed by atoms with van der Waals surface area (Å²) in [5.74, 6) is 0.890. The third-order valence-corrected chi connectivity index (χ3v) is 3.92. The lowest BCUT2D eigenvalue weighted by atomic mass is 10.0. The van der Waals surface area contributed by atoms with Crippen LogP contribution in [0.4, 0.5) is 0 Å². The molecular formula is C16H26BrNO. The molecule has 0 aromatic heterocycles. The van der Waals surface area contributed by atoms with Crippen molar-refractivity contribution in [1.82, 2.24) is 0 Å². The summed E-state index contributed by atoms with van der Waals surface area (Å²) < 4.78 is 6.50. The molecular weight excluding hydrogens is 302 g/mol. The second-order valence-electron chi connectivity index (χ2n) is 4.93. The van der Waals surface area contributed by atoms with Crippen molar-refractivity contribution in [2.45, 2.75) is 58.4 Å². The molecule has 0 saturated carbocycles. The summed E-state index contributed by atoms with van der Waals surface area (Å²) in [4.78, 5) is 0. The summed E-state index contributed by atoms with van der Waals surface area (Å²) in [6.07, 6.45) is 7.52. The molecule has 1 rings (SSSR count). The van der Waals surface area contributed by atoms with Crippen LogP contribution >= 0.6 is 15.9 Å². The van der Waals surface area contributed by atoms with Crippen LogP contribution in [0, 0.1) is 0 Å². The van der Waals surface area contributed by atoms with Gasteiger partial charge in [0.05, 0.1) is 11.1 Å². The van der Waals surface area contributed by atoms with E-state index in [-0.39, 0.29) is 6.04 Å². The van der Waals surface area contributed by atoms with Gasteiger partial charge in [0.25, 0.3) is 0 Å². The molecule has 0 radical (unpaired) electrons. The minimum Gasteiger partial charge on any atom is -0.493 e. The molecule has 1 unspecified atom stereocenters. The lowest BCUT2D eigenvalue weighted by Gasteiger charge is -2.14. The maximum absolute atomic E-state index is 6.24. The van der Waals surface area contributed by atoms with Crippen LogP contribution in [0.25, 0.3) is 0 Å². The summed E-state index contributed by atoms with van der Waals surface area (Å²) in [5.41, 5.74) is 7.43. The topological polar surface area (TPSA) is 35.2 Å². The first-order chi connectivity index (χ1) is 9.19. The monoisotopic (exact) mass is 327 g/mol. The first kappa shape index (κ1) is 16.5. The molecule has 0 amide bonds. The van der Waals surface area contributed by atoms with E-state index in [1.807, 2.05) is 13.0 Å². The van der Waals surface area contributed by atoms with Crippen LogP contribution in [-0.2, 0) is 0 Å². The number of hydrogen-bond donors (Lipinski definition) is 1. The van der Waals surface area contributed by atoms with Gasteiger partial charge < -0.3 is 10.5 Å². The fourth-order valence-corrected chi connectivity index (χ4v) is 2.67. The van der Waals surface area contributed by atoms with Crippen molar-refractivity contribution < 1.29 is 4.74 Å². The highest BCUT2D eigenvalue weighted by atomic mass is 79.9. The van der Waals surface area contributed by atoms with E-state index in [4.69, 9.17) is 10.5 Å². The number of ether oxygens (including phenoxy) is 1. The second-order valence-corrected chi connectivity index (χ2v) is 5.79. The molecule has 0 aliphatic heterocycles. The third kappa shape index (κ3) is 5.96. The van der Waals surface area contributed by atoms with Crippen LogP contribution in [0.5, 0.6) is 5.75 Å². The summed E-state index contributed by atoms with van der Waals surface area (Å²) in [6.45, 7) is 4.91. The number of rotatable bonds is 9. The fourth-order valence-electron chi connectivity index (χ4n) is 2.15. The smallest absolute Gasteiger partial charge is 0.133 e. The number of halogens is 1. The average molecular weight is 328 g/mol. The van der Waals surface area contributed by atoms with Gasteiger partial charge in [0.2, 0.25) is 0 Å². The molecule has 1 atom stereocenters. The van der Waals surface area contributed by atoms with E-state index in [1.54, 1.807) is 0 Å². The van der Waals surface area contributed by atoms with Gasteiger partial charge in [-0.15, -0.1) is 0 Å². The van der Waals surface area contributed by atoms with Crippen molar-refractivity contribution >= 4 is 15.9 Å². The van der Waals surface area contributed by atoms with Crippen molar-refractivity contribution in [2.75, 3.05) is 6.61 Å². The summed E-state index contributed by atoms with van der Waals surface area (Å²) in [6, 6.07) is 6.29. The predicted molar refractivity (Wildman–Crippen MR) is 85.6 cm³/mol. The Bertz CT molecular complexity index is 368. The lowest BCUT2D eigenvalue weighted by Crippen LogP contribution is -2.10. The van der Waals surface area contributed by atoms with Crippen LogP contribution < -0.4 is 10.5 Å². The van der Waals surface area contributed by atoms with Gasteiger partial charge >= 0.3 is 0 Å². The van der Waals surface area contributed by atoms with E-state index in [0.717, 1.165) is 16.6 Å². The van der Waals surface area contributed by atoms with E-state index < -0.39 is 0 Å². The van der Waals surface area contributed by atoms with Gasteiger partial charge in [0.15, 0.2) is 0 Å². The highest BCUT2D eigenvalue weighted by Crippen LogP contribution is 2.29. The zero-order valence-corrected chi connectivity index (χ0v) is 13.7. The second kappa shape index (κ2) is 9.38. The number of benzene rings is 1. The van der Waals surface area contributed by atoms with Crippen LogP contribution in [-0.4, -0.2) is 6.61 Å². The standard InChI is InChI=1S/C16H26BrNO/c1-3-5-6-7-8-9-15(18)13-10-11-16(19-4-2)14(17)12-13/h10-12,15H,3-9,18H2,1-2H3. The van der Waals surface area contributed by atoms with E-state index in [0.29, 0.717) is 6.61 Å².